The van der Waals surface area contributed by atoms with Gasteiger partial charge in [-0.25, -0.2) is 4.98 Å². The zero-order valence-electron chi connectivity index (χ0n) is 16.8. The van der Waals surface area contributed by atoms with E-state index in [0.717, 1.165) is 37.1 Å². The van der Waals surface area contributed by atoms with Gasteiger partial charge in [0.1, 0.15) is 0 Å². The van der Waals surface area contributed by atoms with Crippen LogP contribution in [0.25, 0.3) is 0 Å². The van der Waals surface area contributed by atoms with Gasteiger partial charge in [0.05, 0.1) is 18.4 Å². The van der Waals surface area contributed by atoms with Crippen LogP contribution < -0.4 is 20.4 Å². The molecule has 3 rings (SSSR count). The number of piperidine rings is 1. The van der Waals surface area contributed by atoms with Gasteiger partial charge in [-0.2, -0.15) is 0 Å². The number of guanidine groups is 1. The minimum Gasteiger partial charge on any atom is -0.369 e. The van der Waals surface area contributed by atoms with Crippen LogP contribution in [0.5, 0.6) is 0 Å². The highest BCUT2D eigenvalue weighted by atomic mass is 15.3. The highest BCUT2D eigenvalue weighted by Crippen LogP contribution is 2.19. The second-order valence-corrected chi connectivity index (χ2v) is 7.19. The van der Waals surface area contributed by atoms with Crippen molar-refractivity contribution in [2.45, 2.75) is 25.4 Å². The van der Waals surface area contributed by atoms with Gasteiger partial charge in [-0.15, -0.1) is 0 Å². The number of nitrogens with zero attached hydrogens (tertiary/aromatic N) is 5. The Morgan fingerprint density at radius 2 is 2.07 bits per heavy atom. The molecule has 0 spiro atoms. The minimum absolute atomic E-state index is 0.383. The molecule has 2 N–H and O–H groups in total. The van der Waals surface area contributed by atoms with Crippen LogP contribution in [0.2, 0.25) is 0 Å². The lowest BCUT2D eigenvalue weighted by Crippen LogP contribution is -2.51. The van der Waals surface area contributed by atoms with Gasteiger partial charge >= 0.3 is 0 Å². The standard InChI is InChI=1S/C20H31N7/c1-21-19(22-13-18-14-23-20(25(2)3)26(18)4)24-16-9-8-12-27(15-16)17-10-6-5-7-11-17/h5-7,10-11,14,16H,8-9,12-13,15H2,1-4H3,(H2,21,22,24). The molecule has 0 amide bonds. The van der Waals surface area contributed by atoms with Crippen LogP contribution in [-0.4, -0.2) is 55.8 Å². The number of rotatable bonds is 5. The summed E-state index contributed by atoms with van der Waals surface area (Å²) in [4.78, 5) is 13.3. The van der Waals surface area contributed by atoms with Crippen LogP contribution in [0.1, 0.15) is 18.5 Å². The van der Waals surface area contributed by atoms with Crippen molar-refractivity contribution in [2.75, 3.05) is 44.0 Å². The maximum absolute atomic E-state index is 4.46. The molecule has 7 heteroatoms. The summed E-state index contributed by atoms with van der Waals surface area (Å²) in [6.45, 7) is 2.78. The van der Waals surface area contributed by atoms with Crippen LogP contribution in [0, 0.1) is 0 Å². The van der Waals surface area contributed by atoms with Crippen molar-refractivity contribution < 1.29 is 0 Å². The van der Waals surface area contributed by atoms with Crippen molar-refractivity contribution in [3.05, 3.63) is 42.2 Å². The smallest absolute Gasteiger partial charge is 0.204 e. The Kier molecular flexibility index (Phi) is 6.21. The van der Waals surface area contributed by atoms with Crippen LogP contribution in [0.4, 0.5) is 11.6 Å². The van der Waals surface area contributed by atoms with E-state index >= 15 is 0 Å². The first-order chi connectivity index (χ1) is 13.1. The van der Waals surface area contributed by atoms with E-state index in [2.05, 4.69) is 60.4 Å². The summed E-state index contributed by atoms with van der Waals surface area (Å²) in [5.41, 5.74) is 2.41. The van der Waals surface area contributed by atoms with Gasteiger partial charge in [-0.1, -0.05) is 18.2 Å². The predicted octanol–water partition coefficient (Wildman–Crippen LogP) is 1.82. The molecule has 27 heavy (non-hydrogen) atoms. The van der Waals surface area contributed by atoms with Gasteiger partial charge in [-0.3, -0.25) is 4.99 Å². The second-order valence-electron chi connectivity index (χ2n) is 7.19. The second kappa shape index (κ2) is 8.79. The summed E-state index contributed by atoms with van der Waals surface area (Å²) >= 11 is 0. The Hall–Kier alpha value is -2.70. The SMILES string of the molecule is CN=C(NCc1cnc(N(C)C)n1C)NC1CCCN(c2ccccc2)C1. The molecule has 1 atom stereocenters. The topological polar surface area (TPSA) is 60.7 Å². The number of benzene rings is 1. The van der Waals surface area contributed by atoms with Gasteiger partial charge in [0.25, 0.3) is 0 Å². The fraction of sp³-hybridized carbons (Fsp3) is 0.500. The molecule has 2 aromatic rings. The number of nitrogens with one attached hydrogen (secondary N) is 2. The van der Waals surface area contributed by atoms with Crippen molar-refractivity contribution in [3.8, 4) is 0 Å². The molecule has 0 bridgehead atoms. The van der Waals surface area contributed by atoms with Crippen molar-refractivity contribution in [2.24, 2.45) is 12.0 Å². The highest BCUT2D eigenvalue weighted by Gasteiger charge is 2.21. The Bertz CT molecular complexity index is 751. The minimum atomic E-state index is 0.383. The van der Waals surface area contributed by atoms with Crippen LogP contribution in [0.15, 0.2) is 41.5 Å². The maximum Gasteiger partial charge on any atom is 0.204 e. The summed E-state index contributed by atoms with van der Waals surface area (Å²) in [6, 6.07) is 11.0. The van der Waals surface area contributed by atoms with Gasteiger partial charge in [0.15, 0.2) is 5.96 Å². The lowest BCUT2D eigenvalue weighted by molar-refractivity contribution is 0.467. The molecule has 0 radical (unpaired) electrons. The third kappa shape index (κ3) is 4.72. The average Bonchev–Trinajstić information content (AvgIpc) is 3.07. The molecule has 146 valence electrons. The van der Waals surface area contributed by atoms with E-state index in [4.69, 9.17) is 0 Å². The molecule has 1 aliphatic rings. The van der Waals surface area contributed by atoms with E-state index in [1.165, 1.54) is 12.1 Å². The molecule has 1 aromatic carbocycles. The Morgan fingerprint density at radius 1 is 1.30 bits per heavy atom. The van der Waals surface area contributed by atoms with Crippen molar-refractivity contribution in [1.82, 2.24) is 20.2 Å². The van der Waals surface area contributed by atoms with Crippen LogP contribution in [-0.2, 0) is 13.6 Å². The molecule has 1 aromatic heterocycles. The first-order valence-corrected chi connectivity index (χ1v) is 9.53. The molecule has 0 saturated carbocycles. The van der Waals surface area contributed by atoms with E-state index < -0.39 is 0 Å². The van der Waals surface area contributed by atoms with E-state index in [9.17, 15) is 0 Å². The summed E-state index contributed by atoms with van der Waals surface area (Å²) in [5, 5.41) is 7.00. The molecule has 1 fully saturated rings. The number of para-hydroxylation sites is 1. The largest absolute Gasteiger partial charge is 0.369 e. The molecule has 1 saturated heterocycles. The molecular formula is C20H31N7. The third-order valence-electron chi connectivity index (χ3n) is 5.00. The number of hydrogen-bond donors (Lipinski definition) is 2. The molecule has 0 aliphatic carbocycles. The quantitative estimate of drug-likeness (QED) is 0.622. The highest BCUT2D eigenvalue weighted by molar-refractivity contribution is 5.80. The average molecular weight is 370 g/mol. The number of imidazole rings is 1. The molecule has 1 aliphatic heterocycles. The number of aliphatic imine (C=N–C) groups is 1. The predicted molar refractivity (Wildman–Crippen MR) is 113 cm³/mol. The third-order valence-corrected chi connectivity index (χ3v) is 5.00. The normalized spacial score (nSPS) is 17.7. The number of aromatic nitrogens is 2. The lowest BCUT2D eigenvalue weighted by atomic mass is 10.1. The van der Waals surface area contributed by atoms with Crippen molar-refractivity contribution in [3.63, 3.8) is 0 Å². The number of hydrogen-bond acceptors (Lipinski definition) is 4. The van der Waals surface area contributed by atoms with E-state index in [-0.39, 0.29) is 0 Å². The van der Waals surface area contributed by atoms with Crippen molar-refractivity contribution in [1.29, 1.82) is 0 Å². The zero-order chi connectivity index (χ0) is 19.2. The molecule has 1 unspecified atom stereocenters. The fourth-order valence-corrected chi connectivity index (χ4v) is 3.54. The van der Waals surface area contributed by atoms with E-state index in [1.54, 1.807) is 0 Å². The van der Waals surface area contributed by atoms with E-state index in [0.29, 0.717) is 12.6 Å². The molecular weight excluding hydrogens is 338 g/mol. The zero-order valence-corrected chi connectivity index (χ0v) is 16.8. The van der Waals surface area contributed by atoms with Crippen LogP contribution in [0.3, 0.4) is 0 Å². The Labute approximate surface area is 162 Å². The van der Waals surface area contributed by atoms with Crippen molar-refractivity contribution >= 4 is 17.6 Å². The Morgan fingerprint density at radius 3 is 2.74 bits per heavy atom. The fourth-order valence-electron chi connectivity index (χ4n) is 3.54. The summed E-state index contributed by atoms with van der Waals surface area (Å²) in [5.74, 6) is 1.78. The summed E-state index contributed by atoms with van der Waals surface area (Å²) < 4.78 is 2.10. The first kappa shape index (κ1) is 19.1. The first-order valence-electron chi connectivity index (χ1n) is 9.53. The number of anilines is 2. The van der Waals surface area contributed by atoms with Crippen LogP contribution >= 0.6 is 0 Å². The van der Waals surface area contributed by atoms with Gasteiger partial charge < -0.3 is 25.0 Å². The Balaban J connectivity index is 1.56. The molecule has 2 heterocycles. The molecule has 7 nitrogen and oxygen atoms in total. The van der Waals surface area contributed by atoms with E-state index in [1.807, 2.05) is 39.3 Å². The van der Waals surface area contributed by atoms with Gasteiger partial charge in [-0.05, 0) is 25.0 Å². The monoisotopic (exact) mass is 369 g/mol. The van der Waals surface area contributed by atoms with Gasteiger partial charge in [0, 0.05) is 53.0 Å². The summed E-state index contributed by atoms with van der Waals surface area (Å²) in [6.07, 6.45) is 4.24. The van der Waals surface area contributed by atoms with Gasteiger partial charge in [0.2, 0.25) is 5.95 Å². The maximum atomic E-state index is 4.46. The lowest BCUT2D eigenvalue weighted by Gasteiger charge is -2.35. The summed E-state index contributed by atoms with van der Waals surface area (Å²) in [7, 11) is 7.86.